The summed E-state index contributed by atoms with van der Waals surface area (Å²) in [5, 5.41) is 5.95. The van der Waals surface area contributed by atoms with E-state index in [1.54, 1.807) is 25.5 Å². The second-order valence-electron chi connectivity index (χ2n) is 6.77. The number of pyridine rings is 3. The number of aromatic amines is 1. The highest BCUT2D eigenvalue weighted by Gasteiger charge is 2.22. The monoisotopic (exact) mass is 450 g/mol. The van der Waals surface area contributed by atoms with E-state index in [0.29, 0.717) is 16.6 Å². The summed E-state index contributed by atoms with van der Waals surface area (Å²) in [6, 6.07) is 9.31. The van der Waals surface area contributed by atoms with E-state index in [1.807, 2.05) is 38.2 Å². The lowest BCUT2D eigenvalue weighted by atomic mass is 10.0. The van der Waals surface area contributed by atoms with E-state index < -0.39 is 0 Å². The van der Waals surface area contributed by atoms with Crippen LogP contribution in [0.2, 0.25) is 5.15 Å². The maximum Gasteiger partial charge on any atom is 0.253 e. The highest BCUT2D eigenvalue weighted by molar-refractivity contribution is 6.30. The van der Waals surface area contributed by atoms with Crippen LogP contribution in [0, 0.1) is 6.92 Å². The fraction of sp³-hybridized carbons (Fsp3) is 0.174. The first-order valence-electron chi connectivity index (χ1n) is 9.84. The first-order valence-corrected chi connectivity index (χ1v) is 10.2. The summed E-state index contributed by atoms with van der Waals surface area (Å²) in [4.78, 5) is 37.9. The van der Waals surface area contributed by atoms with Crippen LogP contribution in [-0.4, -0.2) is 46.2 Å². The van der Waals surface area contributed by atoms with Crippen LogP contribution in [0.5, 0.6) is 0 Å². The fourth-order valence-electron chi connectivity index (χ4n) is 3.28. The molecule has 32 heavy (non-hydrogen) atoms. The number of hydrogen-bond acceptors (Lipinski definition) is 6. The van der Waals surface area contributed by atoms with E-state index in [4.69, 9.17) is 16.4 Å². The van der Waals surface area contributed by atoms with Crippen LogP contribution in [0.1, 0.15) is 23.0 Å². The normalized spacial score (nSPS) is 10.3. The molecule has 0 bridgehead atoms. The maximum absolute atomic E-state index is 12.5. The molecule has 1 amide bonds. The maximum atomic E-state index is 12.5. The van der Waals surface area contributed by atoms with Gasteiger partial charge in [-0.2, -0.15) is 0 Å². The molecule has 0 aromatic carbocycles. The Morgan fingerprint density at radius 2 is 1.88 bits per heavy atom. The Morgan fingerprint density at radius 3 is 2.50 bits per heavy atom. The largest absolute Gasteiger partial charge is 0.373 e. The molecule has 0 saturated carbocycles. The molecule has 0 unspecified atom stereocenters. The van der Waals surface area contributed by atoms with Gasteiger partial charge in [0.1, 0.15) is 17.3 Å². The number of nitrogens with one attached hydrogen (secondary N) is 3. The van der Waals surface area contributed by atoms with Crippen LogP contribution in [0.25, 0.3) is 33.4 Å². The molecule has 3 N–H and O–H groups in total. The minimum absolute atomic E-state index is 0.244. The number of aldehydes is 1. The third kappa shape index (κ3) is 4.60. The minimum Gasteiger partial charge on any atom is -0.373 e. The molecule has 4 heterocycles. The van der Waals surface area contributed by atoms with Crippen molar-refractivity contribution in [2.45, 2.75) is 13.8 Å². The van der Waals surface area contributed by atoms with Gasteiger partial charge in [0, 0.05) is 48.9 Å². The van der Waals surface area contributed by atoms with E-state index in [9.17, 15) is 4.79 Å². The van der Waals surface area contributed by atoms with Gasteiger partial charge < -0.3 is 20.4 Å². The number of amides is 1. The standard InChI is InChI=1S/C21H19ClN6O.C2H4O/c1-11-4-5-13(10-26-11)17-18(12-6-7-25-16(8-12)23-2)28-19-14(21(29)24-3)9-15(22)27-20(17)19;1-2-3/h4-10,28H,1-3H3,(H,23,25)(H,24,29);2H,1H3. The van der Waals surface area contributed by atoms with E-state index in [-0.39, 0.29) is 11.1 Å². The number of carbonyl (C=O) groups is 2. The second kappa shape index (κ2) is 10.0. The Hall–Kier alpha value is -3.78. The van der Waals surface area contributed by atoms with Crippen molar-refractivity contribution in [1.29, 1.82) is 0 Å². The van der Waals surface area contributed by atoms with Crippen LogP contribution >= 0.6 is 11.6 Å². The highest BCUT2D eigenvalue weighted by atomic mass is 35.5. The van der Waals surface area contributed by atoms with Crippen molar-refractivity contribution in [3.8, 4) is 22.4 Å². The first kappa shape index (κ1) is 22.9. The molecular formula is C23H23ClN6O2. The smallest absolute Gasteiger partial charge is 0.253 e. The Bertz CT molecular complexity index is 1270. The first-order chi connectivity index (χ1) is 15.4. The van der Waals surface area contributed by atoms with Crippen LogP contribution < -0.4 is 10.6 Å². The van der Waals surface area contributed by atoms with Crippen molar-refractivity contribution in [3.05, 3.63) is 59.1 Å². The number of anilines is 1. The van der Waals surface area contributed by atoms with Crippen molar-refractivity contribution in [1.82, 2.24) is 25.3 Å². The predicted molar refractivity (Wildman–Crippen MR) is 127 cm³/mol. The van der Waals surface area contributed by atoms with Crippen molar-refractivity contribution in [2.75, 3.05) is 19.4 Å². The SMILES string of the molecule is CC=O.CNC(=O)c1cc(Cl)nc2c(-c3ccc(C)nc3)c(-c3ccnc(NC)c3)[nH]c12. The van der Waals surface area contributed by atoms with Gasteiger partial charge in [0.15, 0.2) is 0 Å². The van der Waals surface area contributed by atoms with Crippen LogP contribution in [0.3, 0.4) is 0 Å². The van der Waals surface area contributed by atoms with Crippen molar-refractivity contribution in [2.24, 2.45) is 0 Å². The third-order valence-electron chi connectivity index (χ3n) is 4.70. The van der Waals surface area contributed by atoms with E-state index in [1.165, 1.54) is 6.92 Å². The zero-order valence-corrected chi connectivity index (χ0v) is 18.9. The number of fused-ring (bicyclic) bond motifs is 1. The molecule has 0 spiro atoms. The Balaban J connectivity index is 0.000000913. The Kier molecular flexibility index (Phi) is 7.17. The molecule has 9 heteroatoms. The van der Waals surface area contributed by atoms with Gasteiger partial charge in [0.05, 0.1) is 22.3 Å². The lowest BCUT2D eigenvalue weighted by Crippen LogP contribution is -2.18. The molecule has 164 valence electrons. The summed E-state index contributed by atoms with van der Waals surface area (Å²) in [7, 11) is 3.40. The van der Waals surface area contributed by atoms with Gasteiger partial charge in [-0.3, -0.25) is 9.78 Å². The number of H-pyrrole nitrogens is 1. The quantitative estimate of drug-likeness (QED) is 0.316. The number of carbonyl (C=O) groups excluding carboxylic acids is 2. The summed E-state index contributed by atoms with van der Waals surface area (Å²) in [6.07, 6.45) is 4.27. The van der Waals surface area contributed by atoms with E-state index in [0.717, 1.165) is 40.2 Å². The van der Waals surface area contributed by atoms with Crippen LogP contribution in [-0.2, 0) is 4.79 Å². The average Bonchev–Trinajstić information content (AvgIpc) is 3.18. The summed E-state index contributed by atoms with van der Waals surface area (Å²) >= 11 is 6.27. The number of halogens is 1. The van der Waals surface area contributed by atoms with E-state index >= 15 is 0 Å². The molecule has 4 aromatic heterocycles. The van der Waals surface area contributed by atoms with Gasteiger partial charge in [-0.25, -0.2) is 9.97 Å². The van der Waals surface area contributed by atoms with E-state index in [2.05, 4.69) is 30.6 Å². The Labute approximate surface area is 190 Å². The van der Waals surface area contributed by atoms with Gasteiger partial charge in [-0.15, -0.1) is 0 Å². The zero-order chi connectivity index (χ0) is 23.3. The molecule has 0 fully saturated rings. The predicted octanol–water partition coefficient (Wildman–Crippen LogP) is 4.26. The molecule has 4 aromatic rings. The number of nitrogens with zero attached hydrogens (tertiary/aromatic N) is 3. The molecule has 8 nitrogen and oxygen atoms in total. The Morgan fingerprint density at radius 1 is 1.12 bits per heavy atom. The van der Waals surface area contributed by atoms with Gasteiger partial charge in [0.25, 0.3) is 5.91 Å². The van der Waals surface area contributed by atoms with Crippen LogP contribution in [0.15, 0.2) is 42.7 Å². The lowest BCUT2D eigenvalue weighted by molar-refractivity contribution is -0.106. The van der Waals surface area contributed by atoms with Crippen molar-refractivity contribution >= 4 is 40.6 Å². The van der Waals surface area contributed by atoms with Gasteiger partial charge in [-0.05, 0) is 38.1 Å². The third-order valence-corrected chi connectivity index (χ3v) is 4.90. The molecule has 0 atom stereocenters. The molecule has 0 aliphatic heterocycles. The number of hydrogen-bond donors (Lipinski definition) is 3. The topological polar surface area (TPSA) is 113 Å². The number of aromatic nitrogens is 4. The number of aryl methyl sites for hydroxylation is 1. The number of rotatable bonds is 4. The van der Waals surface area contributed by atoms with Gasteiger partial charge >= 0.3 is 0 Å². The summed E-state index contributed by atoms with van der Waals surface area (Å²) < 4.78 is 0. The molecule has 0 aliphatic rings. The molecule has 0 aliphatic carbocycles. The summed E-state index contributed by atoms with van der Waals surface area (Å²) in [5.41, 5.74) is 5.97. The minimum atomic E-state index is -0.244. The highest BCUT2D eigenvalue weighted by Crippen LogP contribution is 2.39. The molecule has 4 rings (SSSR count). The zero-order valence-electron chi connectivity index (χ0n) is 18.2. The molecule has 0 saturated heterocycles. The fourth-order valence-corrected chi connectivity index (χ4v) is 3.47. The summed E-state index contributed by atoms with van der Waals surface area (Å²) in [5.74, 6) is 0.484. The molecular weight excluding hydrogens is 428 g/mol. The molecule has 0 radical (unpaired) electrons. The van der Waals surface area contributed by atoms with Crippen molar-refractivity contribution < 1.29 is 9.59 Å². The average molecular weight is 451 g/mol. The lowest BCUT2D eigenvalue weighted by Gasteiger charge is -2.07. The van der Waals surface area contributed by atoms with Crippen molar-refractivity contribution in [3.63, 3.8) is 0 Å². The van der Waals surface area contributed by atoms with Crippen LogP contribution in [0.4, 0.5) is 5.82 Å². The summed E-state index contributed by atoms with van der Waals surface area (Å²) in [6.45, 7) is 3.38. The van der Waals surface area contributed by atoms with Gasteiger partial charge in [-0.1, -0.05) is 17.7 Å². The second-order valence-corrected chi connectivity index (χ2v) is 7.16. The van der Waals surface area contributed by atoms with Gasteiger partial charge in [0.2, 0.25) is 0 Å².